The van der Waals surface area contributed by atoms with Crippen LogP contribution in [-0.2, 0) is 24.5 Å². The van der Waals surface area contributed by atoms with Crippen molar-refractivity contribution < 1.29 is 18.7 Å². The van der Waals surface area contributed by atoms with Gasteiger partial charge in [-0.15, -0.1) is 0 Å². The number of urea groups is 1. The third-order valence-corrected chi connectivity index (χ3v) is 4.30. The van der Waals surface area contributed by atoms with E-state index in [1.807, 2.05) is 45.0 Å². The second-order valence-corrected chi connectivity index (χ2v) is 8.01. The van der Waals surface area contributed by atoms with Crippen LogP contribution in [0, 0.1) is 5.82 Å². The molecular weight excluding hydrogens is 359 g/mol. The number of amides is 2. The largest absolute Gasteiger partial charge is 0.491 e. The van der Waals surface area contributed by atoms with Crippen molar-refractivity contribution in [1.82, 2.24) is 10.2 Å². The molecule has 0 unspecified atom stereocenters. The second kappa shape index (κ2) is 8.61. The van der Waals surface area contributed by atoms with Crippen LogP contribution in [0.3, 0.4) is 0 Å². The number of carbonyl (C=O) groups excluding carboxylic acids is 1. The molecule has 0 bridgehead atoms. The number of benzene rings is 2. The summed E-state index contributed by atoms with van der Waals surface area (Å²) in [5, 5.41) is 3.00. The van der Waals surface area contributed by atoms with Gasteiger partial charge in [0.15, 0.2) is 0 Å². The smallest absolute Gasteiger partial charge is 0.318 e. The Bertz CT molecular complexity index is 833. The first-order valence-corrected chi connectivity index (χ1v) is 9.44. The zero-order chi connectivity index (χ0) is 20.1. The van der Waals surface area contributed by atoms with Gasteiger partial charge < -0.3 is 19.7 Å². The van der Waals surface area contributed by atoms with Crippen molar-refractivity contribution in [2.75, 3.05) is 13.2 Å². The molecule has 0 aromatic heterocycles. The maximum absolute atomic E-state index is 13.2. The van der Waals surface area contributed by atoms with Crippen LogP contribution in [0.2, 0.25) is 0 Å². The maximum Gasteiger partial charge on any atom is 0.318 e. The van der Waals surface area contributed by atoms with Gasteiger partial charge in [0.1, 0.15) is 18.2 Å². The molecule has 5 nitrogen and oxygen atoms in total. The van der Waals surface area contributed by atoms with E-state index in [2.05, 4.69) is 5.32 Å². The van der Waals surface area contributed by atoms with Crippen LogP contribution >= 0.6 is 0 Å². The van der Waals surface area contributed by atoms with E-state index in [-0.39, 0.29) is 17.4 Å². The molecule has 1 aliphatic heterocycles. The van der Waals surface area contributed by atoms with Gasteiger partial charge in [0, 0.05) is 11.1 Å². The number of hydrogen-bond donors (Lipinski definition) is 1. The van der Waals surface area contributed by atoms with Crippen LogP contribution in [0.25, 0.3) is 0 Å². The van der Waals surface area contributed by atoms with Gasteiger partial charge in [-0.05, 0) is 56.2 Å². The summed E-state index contributed by atoms with van der Waals surface area (Å²) in [4.78, 5) is 14.3. The van der Waals surface area contributed by atoms with Crippen LogP contribution in [0.1, 0.15) is 37.5 Å². The van der Waals surface area contributed by atoms with Crippen LogP contribution in [0.15, 0.2) is 42.5 Å². The van der Waals surface area contributed by atoms with Crippen molar-refractivity contribution >= 4 is 6.03 Å². The van der Waals surface area contributed by atoms with Gasteiger partial charge in [-0.2, -0.15) is 0 Å². The van der Waals surface area contributed by atoms with Crippen LogP contribution in [0.5, 0.6) is 5.75 Å². The Kier molecular flexibility index (Phi) is 6.19. The topological polar surface area (TPSA) is 50.8 Å². The molecule has 1 aliphatic rings. The molecule has 28 heavy (non-hydrogen) atoms. The number of nitrogens with zero attached hydrogens (tertiary/aromatic N) is 1. The first-order valence-electron chi connectivity index (χ1n) is 9.44. The quantitative estimate of drug-likeness (QED) is 0.855. The average Bonchev–Trinajstić information content (AvgIpc) is 2.82. The molecule has 6 heteroatoms. The molecule has 0 aliphatic carbocycles. The first kappa shape index (κ1) is 20.1. The molecule has 0 radical (unpaired) electrons. The van der Waals surface area contributed by atoms with E-state index in [4.69, 9.17) is 9.47 Å². The van der Waals surface area contributed by atoms with E-state index in [1.165, 1.54) is 12.1 Å². The van der Waals surface area contributed by atoms with E-state index < -0.39 is 0 Å². The molecule has 3 rings (SSSR count). The van der Waals surface area contributed by atoms with Gasteiger partial charge in [-0.3, -0.25) is 0 Å². The molecule has 2 amide bonds. The van der Waals surface area contributed by atoms with Gasteiger partial charge in [-0.25, -0.2) is 9.18 Å². The predicted molar refractivity (Wildman–Crippen MR) is 106 cm³/mol. The highest BCUT2D eigenvalue weighted by Gasteiger charge is 2.23. The lowest BCUT2D eigenvalue weighted by Crippen LogP contribution is -2.48. The molecule has 150 valence electrons. The second-order valence-electron chi connectivity index (χ2n) is 8.01. The highest BCUT2D eigenvalue weighted by molar-refractivity contribution is 5.75. The van der Waals surface area contributed by atoms with Gasteiger partial charge in [0.05, 0.1) is 26.3 Å². The summed E-state index contributed by atoms with van der Waals surface area (Å²) in [5.74, 6) is 0.525. The van der Waals surface area contributed by atoms with Crippen molar-refractivity contribution in [3.05, 3.63) is 65.0 Å². The Morgan fingerprint density at radius 3 is 2.64 bits per heavy atom. The highest BCUT2D eigenvalue weighted by Crippen LogP contribution is 2.25. The summed E-state index contributed by atoms with van der Waals surface area (Å²) in [7, 11) is 0. The average molecular weight is 386 g/mol. The van der Waals surface area contributed by atoms with Gasteiger partial charge in [0.2, 0.25) is 0 Å². The number of ether oxygens (including phenoxy) is 2. The van der Waals surface area contributed by atoms with E-state index in [9.17, 15) is 9.18 Å². The summed E-state index contributed by atoms with van der Waals surface area (Å²) in [6.45, 7) is 8.09. The van der Waals surface area contributed by atoms with Crippen molar-refractivity contribution in [2.24, 2.45) is 0 Å². The van der Waals surface area contributed by atoms with Crippen LogP contribution in [0.4, 0.5) is 9.18 Å². The summed E-state index contributed by atoms with van der Waals surface area (Å²) in [5.41, 5.74) is 2.44. The van der Waals surface area contributed by atoms with E-state index in [1.54, 1.807) is 11.0 Å². The molecular formula is C22H27FN2O3. The van der Waals surface area contributed by atoms with E-state index in [0.29, 0.717) is 32.9 Å². The van der Waals surface area contributed by atoms with Crippen molar-refractivity contribution in [1.29, 1.82) is 0 Å². The Balaban J connectivity index is 1.63. The van der Waals surface area contributed by atoms with Crippen molar-refractivity contribution in [2.45, 2.75) is 46.1 Å². The molecule has 0 atom stereocenters. The lowest BCUT2D eigenvalue weighted by molar-refractivity contribution is 0.107. The fraction of sp³-hybridized carbons (Fsp3) is 0.409. The third kappa shape index (κ3) is 5.70. The minimum Gasteiger partial charge on any atom is -0.491 e. The highest BCUT2D eigenvalue weighted by atomic mass is 19.1. The summed E-state index contributed by atoms with van der Waals surface area (Å²) >= 11 is 0. The normalized spacial score (nSPS) is 14.1. The molecule has 0 saturated carbocycles. The fourth-order valence-corrected chi connectivity index (χ4v) is 3.02. The lowest BCUT2D eigenvalue weighted by Gasteiger charge is -2.27. The number of hydrogen-bond acceptors (Lipinski definition) is 3. The number of nitrogens with one attached hydrogen (secondary N) is 1. The first-order chi connectivity index (χ1) is 13.3. The Labute approximate surface area is 165 Å². The number of fused-ring (bicyclic) bond motifs is 1. The molecule has 0 spiro atoms. The molecule has 2 aromatic carbocycles. The monoisotopic (exact) mass is 386 g/mol. The zero-order valence-corrected chi connectivity index (χ0v) is 16.6. The maximum atomic E-state index is 13.2. The van der Waals surface area contributed by atoms with Gasteiger partial charge in [-0.1, -0.05) is 18.2 Å². The van der Waals surface area contributed by atoms with Crippen molar-refractivity contribution in [3.63, 3.8) is 0 Å². The lowest BCUT2D eigenvalue weighted by atomic mass is 10.1. The minimum atomic E-state index is -0.292. The third-order valence-electron chi connectivity index (χ3n) is 4.30. The predicted octanol–water partition coefficient (Wildman–Crippen LogP) is 4.25. The van der Waals surface area contributed by atoms with Crippen molar-refractivity contribution in [3.8, 4) is 5.75 Å². The van der Waals surface area contributed by atoms with E-state index in [0.717, 1.165) is 22.4 Å². The van der Waals surface area contributed by atoms with Crippen LogP contribution < -0.4 is 10.1 Å². The molecule has 0 saturated heterocycles. The van der Waals surface area contributed by atoms with Gasteiger partial charge in [0.25, 0.3) is 0 Å². The molecule has 2 aromatic rings. The zero-order valence-electron chi connectivity index (χ0n) is 16.6. The molecule has 1 heterocycles. The SMILES string of the molecule is CC(C)(C)NC(=O)N1CCOc2ccc(COCc3cccc(F)c3)cc2C1. The summed E-state index contributed by atoms with van der Waals surface area (Å²) < 4.78 is 24.8. The Hall–Kier alpha value is -2.60. The number of rotatable bonds is 4. The summed E-state index contributed by atoms with van der Waals surface area (Å²) in [6, 6.07) is 12.2. The Morgan fingerprint density at radius 1 is 1.18 bits per heavy atom. The molecule has 0 fully saturated rings. The number of carbonyl (C=O) groups is 1. The molecule has 1 N–H and O–H groups in total. The minimum absolute atomic E-state index is 0.100. The standard InChI is InChI=1S/C22H27FN2O3/c1-22(2,3)24-21(26)25-9-10-28-20-8-7-17(11-18(20)13-25)15-27-14-16-5-4-6-19(23)12-16/h4-8,11-12H,9-10,13-15H2,1-3H3,(H,24,26). The Morgan fingerprint density at radius 2 is 1.93 bits per heavy atom. The van der Waals surface area contributed by atoms with Crippen LogP contribution in [-0.4, -0.2) is 29.6 Å². The van der Waals surface area contributed by atoms with E-state index >= 15 is 0 Å². The fourth-order valence-electron chi connectivity index (χ4n) is 3.02. The summed E-state index contributed by atoms with van der Waals surface area (Å²) in [6.07, 6.45) is 0. The number of halogens is 1. The van der Waals surface area contributed by atoms with Gasteiger partial charge >= 0.3 is 6.03 Å².